The van der Waals surface area contributed by atoms with Crippen LogP contribution < -0.4 is 0 Å². The second-order valence-electron chi connectivity index (χ2n) is 6.90. The van der Waals surface area contributed by atoms with E-state index in [-0.39, 0.29) is 0 Å². The van der Waals surface area contributed by atoms with Gasteiger partial charge in [0.05, 0.1) is 5.69 Å². The zero-order chi connectivity index (χ0) is 19.7. The highest BCUT2D eigenvalue weighted by Crippen LogP contribution is 2.29. The van der Waals surface area contributed by atoms with E-state index in [2.05, 4.69) is 60.0 Å². The van der Waals surface area contributed by atoms with Crippen LogP contribution in [0.4, 0.5) is 0 Å². The Labute approximate surface area is 164 Å². The Bertz CT molecular complexity index is 1120. The van der Waals surface area contributed by atoms with E-state index in [1.54, 1.807) is 0 Å². The van der Waals surface area contributed by atoms with Crippen LogP contribution in [0.5, 0.6) is 0 Å². The highest BCUT2D eigenvalue weighted by atomic mass is 16.4. The van der Waals surface area contributed by atoms with Gasteiger partial charge in [0, 0.05) is 12.6 Å². The van der Waals surface area contributed by atoms with Crippen molar-refractivity contribution in [1.82, 2.24) is 20.0 Å². The maximum Gasteiger partial charge on any atom is 0.268 e. The molecule has 28 heavy (non-hydrogen) atoms. The summed E-state index contributed by atoms with van der Waals surface area (Å²) in [4.78, 5) is 0. The lowest BCUT2D eigenvalue weighted by atomic mass is 9.97. The Balaban J connectivity index is 1.68. The summed E-state index contributed by atoms with van der Waals surface area (Å²) in [6.07, 6.45) is 2.77. The van der Waals surface area contributed by atoms with E-state index in [0.29, 0.717) is 17.5 Å². The fourth-order valence-corrected chi connectivity index (χ4v) is 3.48. The van der Waals surface area contributed by atoms with Gasteiger partial charge >= 0.3 is 0 Å². The quantitative estimate of drug-likeness (QED) is 0.456. The molecule has 0 atom stereocenters. The smallest absolute Gasteiger partial charge is 0.268 e. The van der Waals surface area contributed by atoms with Gasteiger partial charge in [0.15, 0.2) is 0 Å². The van der Waals surface area contributed by atoms with Gasteiger partial charge in [0.2, 0.25) is 5.89 Å². The van der Waals surface area contributed by atoms with Crippen LogP contribution >= 0.6 is 0 Å². The fraction of sp³-hybridized carbons (Fsp3) is 0.174. The van der Waals surface area contributed by atoms with E-state index >= 15 is 0 Å². The molecule has 4 aromatic rings. The average Bonchev–Trinajstić information content (AvgIpc) is 3.32. The van der Waals surface area contributed by atoms with Gasteiger partial charge in [-0.3, -0.25) is 4.68 Å². The summed E-state index contributed by atoms with van der Waals surface area (Å²) in [6, 6.07) is 16.2. The van der Waals surface area contributed by atoms with Crippen molar-refractivity contribution >= 4 is 0 Å². The van der Waals surface area contributed by atoms with Crippen molar-refractivity contribution in [3.63, 3.8) is 0 Å². The Hall–Kier alpha value is -3.47. The zero-order valence-corrected chi connectivity index (χ0v) is 16.3. The van der Waals surface area contributed by atoms with Gasteiger partial charge in [-0.05, 0) is 60.7 Å². The summed E-state index contributed by atoms with van der Waals surface area (Å²) in [5.74, 6) is 0.913. The number of hydrogen-bond donors (Lipinski definition) is 0. The number of rotatable bonds is 5. The molecule has 0 unspecified atom stereocenters. The highest BCUT2D eigenvalue weighted by Gasteiger charge is 2.17. The van der Waals surface area contributed by atoms with Crippen molar-refractivity contribution in [1.29, 1.82) is 0 Å². The standard InChI is InChI=1S/C23H22N4O/c1-5-9-19-15(2)12-18(13-16(19)3)22-24-25-23(28-22)20-14-21(27(4)26-20)17-10-7-6-8-11-17/h5-8,10-14H,1,9H2,2-4H3. The first-order valence-electron chi connectivity index (χ1n) is 9.21. The molecule has 140 valence electrons. The van der Waals surface area contributed by atoms with Crippen molar-refractivity contribution in [2.24, 2.45) is 7.05 Å². The molecule has 0 aliphatic rings. The first kappa shape index (κ1) is 17.9. The summed E-state index contributed by atoms with van der Waals surface area (Å²) >= 11 is 0. The van der Waals surface area contributed by atoms with Crippen molar-refractivity contribution in [2.75, 3.05) is 0 Å². The molecule has 0 amide bonds. The van der Waals surface area contributed by atoms with Gasteiger partial charge in [-0.1, -0.05) is 36.4 Å². The van der Waals surface area contributed by atoms with Gasteiger partial charge in [0.1, 0.15) is 5.69 Å². The molecule has 2 heterocycles. The average molecular weight is 370 g/mol. The fourth-order valence-electron chi connectivity index (χ4n) is 3.48. The van der Waals surface area contributed by atoms with Crippen LogP contribution in [-0.4, -0.2) is 20.0 Å². The first-order valence-corrected chi connectivity index (χ1v) is 9.21. The molecule has 0 aliphatic carbocycles. The molecule has 0 radical (unpaired) electrons. The minimum absolute atomic E-state index is 0.415. The number of nitrogens with zero attached hydrogens (tertiary/aromatic N) is 4. The van der Waals surface area contributed by atoms with Crippen LogP contribution in [0, 0.1) is 13.8 Å². The summed E-state index contributed by atoms with van der Waals surface area (Å²) in [7, 11) is 1.91. The maximum absolute atomic E-state index is 5.95. The Morgan fingerprint density at radius 1 is 0.964 bits per heavy atom. The third kappa shape index (κ3) is 3.27. The normalized spacial score (nSPS) is 11.0. The Kier molecular flexibility index (Phi) is 4.65. The molecule has 5 heteroatoms. The van der Waals surface area contributed by atoms with Crippen molar-refractivity contribution < 1.29 is 4.42 Å². The van der Waals surface area contributed by atoms with Gasteiger partial charge in [-0.15, -0.1) is 16.8 Å². The molecule has 2 aromatic heterocycles. The zero-order valence-electron chi connectivity index (χ0n) is 16.3. The van der Waals surface area contributed by atoms with Gasteiger partial charge in [-0.2, -0.15) is 5.10 Å². The van der Waals surface area contributed by atoms with Crippen LogP contribution in [0.15, 0.2) is 65.6 Å². The van der Waals surface area contributed by atoms with Crippen LogP contribution in [0.1, 0.15) is 16.7 Å². The minimum Gasteiger partial charge on any atom is -0.415 e. The van der Waals surface area contributed by atoms with Crippen molar-refractivity contribution in [3.05, 3.63) is 77.9 Å². The third-order valence-corrected chi connectivity index (χ3v) is 4.88. The summed E-state index contributed by atoms with van der Waals surface area (Å²) in [6.45, 7) is 8.03. The Morgan fingerprint density at radius 2 is 1.64 bits per heavy atom. The molecule has 0 spiro atoms. The van der Waals surface area contributed by atoms with E-state index in [9.17, 15) is 0 Å². The first-order chi connectivity index (χ1) is 13.6. The molecule has 0 saturated carbocycles. The third-order valence-electron chi connectivity index (χ3n) is 4.88. The lowest BCUT2D eigenvalue weighted by Gasteiger charge is -2.09. The van der Waals surface area contributed by atoms with Crippen LogP contribution in [-0.2, 0) is 13.5 Å². The SMILES string of the molecule is C=CCc1c(C)cc(-c2nnc(-c3cc(-c4ccccc4)n(C)n3)o2)cc1C. The number of benzene rings is 2. The van der Waals surface area contributed by atoms with E-state index in [1.807, 2.05) is 42.1 Å². The van der Waals surface area contributed by atoms with E-state index < -0.39 is 0 Å². The minimum atomic E-state index is 0.415. The number of hydrogen-bond acceptors (Lipinski definition) is 4. The summed E-state index contributed by atoms with van der Waals surface area (Å²) in [5, 5.41) is 13.0. The lowest BCUT2D eigenvalue weighted by Crippen LogP contribution is -1.93. The Morgan fingerprint density at radius 3 is 2.32 bits per heavy atom. The number of aromatic nitrogens is 4. The monoisotopic (exact) mass is 370 g/mol. The molecular formula is C23H22N4O. The van der Waals surface area contributed by atoms with Crippen molar-refractivity contribution in [3.8, 4) is 34.3 Å². The summed E-state index contributed by atoms with van der Waals surface area (Å²) in [5.41, 5.74) is 7.34. The topological polar surface area (TPSA) is 56.7 Å². The highest BCUT2D eigenvalue weighted by molar-refractivity contribution is 5.66. The molecule has 0 N–H and O–H groups in total. The second-order valence-corrected chi connectivity index (χ2v) is 6.90. The predicted molar refractivity (Wildman–Crippen MR) is 111 cm³/mol. The number of allylic oxidation sites excluding steroid dienone is 1. The van der Waals surface area contributed by atoms with Crippen LogP contribution in [0.2, 0.25) is 0 Å². The van der Waals surface area contributed by atoms with Gasteiger partial charge in [-0.25, -0.2) is 0 Å². The maximum atomic E-state index is 5.95. The van der Waals surface area contributed by atoms with Crippen LogP contribution in [0.3, 0.4) is 0 Å². The molecule has 0 bridgehead atoms. The molecule has 0 aliphatic heterocycles. The second kappa shape index (κ2) is 7.27. The van der Waals surface area contributed by atoms with Gasteiger partial charge in [0.25, 0.3) is 5.89 Å². The van der Waals surface area contributed by atoms with Gasteiger partial charge < -0.3 is 4.42 Å². The predicted octanol–water partition coefficient (Wildman–Crippen LogP) is 5.15. The lowest BCUT2D eigenvalue weighted by molar-refractivity contribution is 0.579. The van der Waals surface area contributed by atoms with E-state index in [4.69, 9.17) is 4.42 Å². The largest absolute Gasteiger partial charge is 0.415 e. The molecule has 4 rings (SSSR count). The van der Waals surface area contributed by atoms with Crippen molar-refractivity contribution in [2.45, 2.75) is 20.3 Å². The molecular weight excluding hydrogens is 348 g/mol. The molecule has 5 nitrogen and oxygen atoms in total. The van der Waals surface area contributed by atoms with E-state index in [1.165, 1.54) is 16.7 Å². The van der Waals surface area contributed by atoms with E-state index in [0.717, 1.165) is 23.2 Å². The number of aryl methyl sites for hydroxylation is 3. The van der Waals surface area contributed by atoms with Crippen LogP contribution in [0.25, 0.3) is 34.3 Å². The molecule has 0 saturated heterocycles. The molecule has 0 fully saturated rings. The molecule has 2 aromatic carbocycles. The summed E-state index contributed by atoms with van der Waals surface area (Å²) < 4.78 is 7.78.